The monoisotopic (exact) mass is 917 g/mol. The van der Waals surface area contributed by atoms with Crippen LogP contribution in [0.3, 0.4) is 0 Å². The van der Waals surface area contributed by atoms with Crippen molar-refractivity contribution in [3.63, 3.8) is 0 Å². The van der Waals surface area contributed by atoms with Crippen LogP contribution < -0.4 is 4.74 Å². The number of hydrogen-bond acceptors (Lipinski definition) is 9. The number of benzene rings is 5. The van der Waals surface area contributed by atoms with Gasteiger partial charge in [0.25, 0.3) is 0 Å². The lowest BCUT2D eigenvalue weighted by Gasteiger charge is -2.49. The Kier molecular flexibility index (Phi) is 15.4. The highest BCUT2D eigenvalue weighted by Gasteiger charge is 2.57. The van der Waals surface area contributed by atoms with Gasteiger partial charge in [-0.25, -0.2) is 9.59 Å². The highest BCUT2D eigenvalue weighted by molar-refractivity contribution is 6.31. The van der Waals surface area contributed by atoms with Gasteiger partial charge in [-0.1, -0.05) is 127 Å². The molecule has 3 saturated heterocycles. The Morgan fingerprint density at radius 1 is 0.758 bits per heavy atom. The van der Waals surface area contributed by atoms with Crippen LogP contribution >= 0.6 is 11.6 Å². The number of likely N-dealkylation sites (tertiary alicyclic amines) is 1. The average Bonchev–Trinajstić information content (AvgIpc) is 4.00. The van der Waals surface area contributed by atoms with Crippen LogP contribution in [0.25, 0.3) is 0 Å². The van der Waals surface area contributed by atoms with Gasteiger partial charge in [-0.3, -0.25) is 4.90 Å². The van der Waals surface area contributed by atoms with E-state index in [-0.39, 0.29) is 45.3 Å². The lowest BCUT2D eigenvalue weighted by atomic mass is 9.82. The van der Waals surface area contributed by atoms with Gasteiger partial charge in [0.1, 0.15) is 47.4 Å². The van der Waals surface area contributed by atoms with Gasteiger partial charge in [-0.2, -0.15) is 0 Å². The Morgan fingerprint density at radius 2 is 1.35 bits per heavy atom. The van der Waals surface area contributed by atoms with Crippen LogP contribution in [0.2, 0.25) is 5.02 Å². The summed E-state index contributed by atoms with van der Waals surface area (Å²) in [5.41, 5.74) is 2.98. The fraction of sp³-hybridized carbons (Fsp3) is 0.407. The first kappa shape index (κ1) is 47.2. The summed E-state index contributed by atoms with van der Waals surface area (Å²) in [4.78, 5) is 29.0. The topological polar surface area (TPSA) is 122 Å². The van der Waals surface area contributed by atoms with E-state index in [0.29, 0.717) is 31.1 Å². The van der Waals surface area contributed by atoms with E-state index in [4.69, 9.17) is 44.8 Å². The zero-order valence-corrected chi connectivity index (χ0v) is 38.6. The van der Waals surface area contributed by atoms with Crippen LogP contribution in [0.1, 0.15) is 85.9 Å². The minimum absolute atomic E-state index is 0.0432. The summed E-state index contributed by atoms with van der Waals surface area (Å²) in [5.74, 6) is -0.356. The van der Waals surface area contributed by atoms with Gasteiger partial charge < -0.3 is 38.3 Å². The van der Waals surface area contributed by atoms with Crippen LogP contribution in [0.4, 0.5) is 4.79 Å². The minimum atomic E-state index is -1.67. The highest BCUT2D eigenvalue weighted by Crippen LogP contribution is 2.45. The summed E-state index contributed by atoms with van der Waals surface area (Å²) >= 11 is 6.99. The molecule has 3 aliphatic heterocycles. The fourth-order valence-corrected chi connectivity index (χ4v) is 9.33. The predicted octanol–water partition coefficient (Wildman–Crippen LogP) is 10.5. The maximum absolute atomic E-state index is 13.9. The van der Waals surface area contributed by atoms with Gasteiger partial charge in [0.2, 0.25) is 0 Å². The van der Waals surface area contributed by atoms with Gasteiger partial charge in [0.15, 0.2) is 0 Å². The summed E-state index contributed by atoms with van der Waals surface area (Å²) in [6.07, 6.45) is -2.80. The molecule has 348 valence electrons. The van der Waals surface area contributed by atoms with Crippen molar-refractivity contribution in [3.05, 3.63) is 172 Å². The Morgan fingerprint density at radius 3 is 1.91 bits per heavy atom. The molecule has 5 aromatic rings. The van der Waals surface area contributed by atoms with Crippen molar-refractivity contribution in [1.29, 1.82) is 0 Å². The van der Waals surface area contributed by atoms with Gasteiger partial charge >= 0.3 is 12.1 Å². The molecule has 0 spiro atoms. The SMILES string of the molecule is CC(C)(C)OC(=O)N1CCC[C@@]1(C[C@H]1O[C@@H](c2ccc(Cl)c(Cc3ccc(O[C@@H]4CCOC4)cc3)c2)[C@H](OCc2ccccc2)[C@H](OCc2ccccc2)[C@@H]1OCc1ccccc1)C(=O)O. The first-order valence-corrected chi connectivity index (χ1v) is 23.3. The number of carbonyl (C=O) groups excluding carboxylic acids is 1. The largest absolute Gasteiger partial charge is 0.488 e. The van der Waals surface area contributed by atoms with E-state index in [1.807, 2.05) is 133 Å². The summed E-state index contributed by atoms with van der Waals surface area (Å²) in [5, 5.41) is 11.8. The second-order valence-corrected chi connectivity index (χ2v) is 18.8. The Bertz CT molecular complexity index is 2340. The van der Waals surface area contributed by atoms with E-state index in [9.17, 15) is 14.7 Å². The summed E-state index contributed by atoms with van der Waals surface area (Å²) < 4.78 is 45.7. The summed E-state index contributed by atoms with van der Waals surface area (Å²) in [7, 11) is 0. The van der Waals surface area contributed by atoms with Gasteiger partial charge in [-0.15, -0.1) is 0 Å². The second-order valence-electron chi connectivity index (χ2n) is 18.4. The molecular weight excluding hydrogens is 858 g/mol. The average molecular weight is 919 g/mol. The van der Waals surface area contributed by atoms with Crippen LogP contribution in [0, 0.1) is 0 Å². The molecule has 8 rings (SSSR count). The van der Waals surface area contributed by atoms with Crippen LogP contribution in [-0.2, 0) is 59.5 Å². The quantitative estimate of drug-likeness (QED) is 0.0965. The third-order valence-corrected chi connectivity index (χ3v) is 12.8. The van der Waals surface area contributed by atoms with Crippen LogP contribution in [0.15, 0.2) is 133 Å². The third-order valence-electron chi connectivity index (χ3n) is 12.4. The number of carboxylic acids is 1. The number of rotatable bonds is 17. The van der Waals surface area contributed by atoms with Gasteiger partial charge in [0.05, 0.1) is 39.1 Å². The van der Waals surface area contributed by atoms with E-state index >= 15 is 0 Å². The molecule has 0 aromatic heterocycles. The molecule has 11 nitrogen and oxygen atoms in total. The number of ether oxygens (including phenoxy) is 7. The third kappa shape index (κ3) is 11.8. The van der Waals surface area contributed by atoms with Crippen LogP contribution in [0.5, 0.6) is 5.75 Å². The molecule has 7 atom stereocenters. The molecule has 3 aliphatic rings. The maximum Gasteiger partial charge on any atom is 0.411 e. The molecule has 3 heterocycles. The number of hydrogen-bond donors (Lipinski definition) is 1. The molecule has 1 amide bonds. The molecule has 66 heavy (non-hydrogen) atoms. The molecule has 0 radical (unpaired) electrons. The van der Waals surface area contributed by atoms with Crippen molar-refractivity contribution in [3.8, 4) is 5.75 Å². The van der Waals surface area contributed by atoms with Crippen molar-refractivity contribution in [2.45, 2.75) is 120 Å². The van der Waals surface area contributed by atoms with Gasteiger partial charge in [-0.05, 0) is 91.6 Å². The molecule has 0 unspecified atom stereocenters. The van der Waals surface area contributed by atoms with E-state index in [1.54, 1.807) is 20.8 Å². The zero-order valence-electron chi connectivity index (χ0n) is 37.9. The molecule has 5 aromatic carbocycles. The van der Waals surface area contributed by atoms with E-state index in [0.717, 1.165) is 45.6 Å². The smallest absolute Gasteiger partial charge is 0.411 e. The normalized spacial score (nSPS) is 24.3. The first-order valence-electron chi connectivity index (χ1n) is 22.9. The maximum atomic E-state index is 13.9. The summed E-state index contributed by atoms with van der Waals surface area (Å²) in [6, 6.07) is 43.4. The first-order chi connectivity index (χ1) is 31.9. The molecule has 12 heteroatoms. The zero-order chi connectivity index (χ0) is 46.1. The van der Waals surface area contributed by atoms with Crippen molar-refractivity contribution in [2.75, 3.05) is 19.8 Å². The Hall–Kier alpha value is -5.27. The predicted molar refractivity (Wildman–Crippen MR) is 250 cm³/mol. The molecule has 3 fully saturated rings. The molecule has 0 aliphatic carbocycles. The van der Waals surface area contributed by atoms with Crippen molar-refractivity contribution in [1.82, 2.24) is 4.90 Å². The van der Waals surface area contributed by atoms with Crippen molar-refractivity contribution < 1.29 is 47.9 Å². The Labute approximate surface area is 392 Å². The van der Waals surface area contributed by atoms with E-state index < -0.39 is 53.7 Å². The molecule has 0 bridgehead atoms. The number of carbonyl (C=O) groups is 2. The summed E-state index contributed by atoms with van der Waals surface area (Å²) in [6.45, 7) is 7.45. The number of carboxylic acid groups (broad SMARTS) is 1. The standard InChI is InChI=1S/C54H60ClNO10/c1-53(2,3)66-52(59)56-28-13-27-54(56,51(57)58)32-46-48(61-33-38-14-7-4-8-15-38)50(63-35-40-18-11-6-12-19-40)49(62-34-39-16-9-5-10-17-39)47(65-46)41-22-25-45(55)42(31-41)30-37-20-23-43(24-21-37)64-44-26-29-60-36-44/h4-12,14-25,31,44,46-50H,13,26-30,32-36H2,1-3H3,(H,57,58)/t44-,46-,47+,48-,49+,50-,54-/m1/s1. The minimum Gasteiger partial charge on any atom is -0.488 e. The number of amides is 1. The number of halogens is 1. The van der Waals surface area contributed by atoms with Crippen molar-refractivity contribution >= 4 is 23.7 Å². The lowest BCUT2D eigenvalue weighted by Crippen LogP contribution is -2.62. The second kappa shape index (κ2) is 21.6. The van der Waals surface area contributed by atoms with Crippen LogP contribution in [-0.4, -0.2) is 83.5 Å². The van der Waals surface area contributed by atoms with Crippen molar-refractivity contribution in [2.24, 2.45) is 0 Å². The molecule has 0 saturated carbocycles. The van der Waals surface area contributed by atoms with Gasteiger partial charge in [0, 0.05) is 24.4 Å². The van der Waals surface area contributed by atoms with E-state index in [2.05, 4.69) is 0 Å². The highest BCUT2D eigenvalue weighted by atomic mass is 35.5. The Balaban J connectivity index is 1.20. The lowest BCUT2D eigenvalue weighted by molar-refractivity contribution is -0.272. The number of nitrogens with zero attached hydrogens (tertiary/aromatic N) is 1. The van der Waals surface area contributed by atoms with E-state index in [1.165, 1.54) is 4.90 Å². The molecular formula is C54H60ClNO10. The fourth-order valence-electron chi connectivity index (χ4n) is 9.15. The number of aliphatic carboxylic acids is 1. The molecule has 1 N–H and O–H groups in total.